The molecule has 0 spiro atoms. The number of imidazole rings is 1. The van der Waals surface area contributed by atoms with E-state index in [0.717, 1.165) is 22.7 Å². The molecule has 0 saturated heterocycles. The highest BCUT2D eigenvalue weighted by molar-refractivity contribution is 6.31. The highest BCUT2D eigenvalue weighted by Crippen LogP contribution is 2.36. The summed E-state index contributed by atoms with van der Waals surface area (Å²) in [6.07, 6.45) is -3.11. The van der Waals surface area contributed by atoms with E-state index in [0.29, 0.717) is 16.4 Å². The highest BCUT2D eigenvalue weighted by Gasteiger charge is 2.34. The maximum Gasteiger partial charge on any atom is 0.418 e. The molecule has 2 aromatic heterocycles. The number of aromatic amines is 1. The second kappa shape index (κ2) is 6.14. The van der Waals surface area contributed by atoms with Crippen molar-refractivity contribution >= 4 is 22.6 Å². The molecule has 3 nitrogen and oxygen atoms in total. The molecule has 0 aliphatic carbocycles. The van der Waals surface area contributed by atoms with Crippen LogP contribution in [0.15, 0.2) is 60.8 Å². The molecule has 2 aromatic carbocycles. The maximum atomic E-state index is 13.2. The van der Waals surface area contributed by atoms with Crippen LogP contribution in [0.25, 0.3) is 33.7 Å². The molecule has 0 unspecified atom stereocenters. The third kappa shape index (κ3) is 3.04. The van der Waals surface area contributed by atoms with Gasteiger partial charge in [-0.2, -0.15) is 13.2 Å². The van der Waals surface area contributed by atoms with Crippen molar-refractivity contribution in [3.8, 4) is 22.6 Å². The summed E-state index contributed by atoms with van der Waals surface area (Å²) in [6, 6.07) is 14.3. The molecule has 4 rings (SSSR count). The molecule has 0 aliphatic rings. The summed E-state index contributed by atoms with van der Waals surface area (Å²) >= 11 is 5.97. The Labute approximate surface area is 151 Å². The Bertz CT molecular complexity index is 1090. The standard InChI is InChI=1S/C19H11ClF3N3/c20-13-7-8-15-16(10-13)26-18(25-15)12-5-3-11(4-6-12)17-14(19(21,22)23)2-1-9-24-17/h1-10H,(H,25,26). The van der Waals surface area contributed by atoms with Crippen molar-refractivity contribution in [1.29, 1.82) is 0 Å². The Kier molecular flexibility index (Phi) is 3.92. The molecule has 4 aromatic rings. The van der Waals surface area contributed by atoms with Crippen molar-refractivity contribution in [2.75, 3.05) is 0 Å². The van der Waals surface area contributed by atoms with E-state index in [9.17, 15) is 13.2 Å². The Morgan fingerprint density at radius 2 is 1.65 bits per heavy atom. The van der Waals surface area contributed by atoms with Crippen molar-refractivity contribution in [2.24, 2.45) is 0 Å². The van der Waals surface area contributed by atoms with E-state index in [1.807, 2.05) is 0 Å². The second-order valence-electron chi connectivity index (χ2n) is 5.72. The molecule has 0 aliphatic heterocycles. The number of nitrogens with one attached hydrogen (secondary N) is 1. The van der Waals surface area contributed by atoms with E-state index >= 15 is 0 Å². The van der Waals surface area contributed by atoms with Crippen molar-refractivity contribution in [2.45, 2.75) is 6.18 Å². The molecular weight excluding hydrogens is 363 g/mol. The number of nitrogens with zero attached hydrogens (tertiary/aromatic N) is 2. The number of hydrogen-bond donors (Lipinski definition) is 1. The van der Waals surface area contributed by atoms with Crippen LogP contribution in [0.2, 0.25) is 5.02 Å². The Morgan fingerprint density at radius 1 is 0.923 bits per heavy atom. The van der Waals surface area contributed by atoms with Crippen LogP contribution < -0.4 is 0 Å². The minimum absolute atomic E-state index is 0.0945. The number of alkyl halides is 3. The lowest BCUT2D eigenvalue weighted by molar-refractivity contribution is -0.137. The van der Waals surface area contributed by atoms with Gasteiger partial charge in [-0.05, 0) is 30.3 Å². The fourth-order valence-electron chi connectivity index (χ4n) is 2.77. The van der Waals surface area contributed by atoms with Gasteiger partial charge in [-0.1, -0.05) is 35.9 Å². The SMILES string of the molecule is FC(F)(F)c1cccnc1-c1ccc(-c2nc3ccc(Cl)cc3[nH]2)cc1. The van der Waals surface area contributed by atoms with Gasteiger partial charge in [0.15, 0.2) is 0 Å². The zero-order valence-corrected chi connectivity index (χ0v) is 13.9. The average Bonchev–Trinajstić information content (AvgIpc) is 3.04. The lowest BCUT2D eigenvalue weighted by atomic mass is 10.0. The number of rotatable bonds is 2. The van der Waals surface area contributed by atoms with Gasteiger partial charge < -0.3 is 4.98 Å². The fraction of sp³-hybridized carbons (Fsp3) is 0.0526. The summed E-state index contributed by atoms with van der Waals surface area (Å²) in [5.41, 5.74) is 1.85. The van der Waals surface area contributed by atoms with Crippen molar-refractivity contribution in [1.82, 2.24) is 15.0 Å². The van der Waals surface area contributed by atoms with Gasteiger partial charge in [-0.3, -0.25) is 4.98 Å². The molecular formula is C19H11ClF3N3. The first kappa shape index (κ1) is 16.6. The van der Waals surface area contributed by atoms with Gasteiger partial charge in [0, 0.05) is 22.3 Å². The van der Waals surface area contributed by atoms with E-state index in [1.54, 1.807) is 42.5 Å². The topological polar surface area (TPSA) is 41.6 Å². The van der Waals surface area contributed by atoms with E-state index in [4.69, 9.17) is 11.6 Å². The monoisotopic (exact) mass is 373 g/mol. The van der Waals surface area contributed by atoms with Crippen LogP contribution in [0, 0.1) is 0 Å². The molecule has 2 heterocycles. The van der Waals surface area contributed by atoms with Crippen molar-refractivity contribution in [3.63, 3.8) is 0 Å². The quantitative estimate of drug-likeness (QED) is 0.470. The number of aromatic nitrogens is 3. The number of fused-ring (bicyclic) bond motifs is 1. The van der Waals surface area contributed by atoms with Crippen LogP contribution in [0.4, 0.5) is 13.2 Å². The number of H-pyrrole nitrogens is 1. The summed E-state index contributed by atoms with van der Waals surface area (Å²) < 4.78 is 39.5. The highest BCUT2D eigenvalue weighted by atomic mass is 35.5. The van der Waals surface area contributed by atoms with Gasteiger partial charge in [0.2, 0.25) is 0 Å². The van der Waals surface area contributed by atoms with Crippen LogP contribution >= 0.6 is 11.6 Å². The molecule has 130 valence electrons. The van der Waals surface area contributed by atoms with Crippen LogP contribution in [0.5, 0.6) is 0 Å². The third-order valence-corrected chi connectivity index (χ3v) is 4.22. The summed E-state index contributed by atoms with van der Waals surface area (Å²) in [5, 5.41) is 0.595. The Morgan fingerprint density at radius 3 is 2.38 bits per heavy atom. The number of halogens is 4. The molecule has 7 heteroatoms. The molecule has 0 radical (unpaired) electrons. The van der Waals surface area contributed by atoms with Gasteiger partial charge in [-0.15, -0.1) is 0 Å². The predicted octanol–water partition coefficient (Wildman–Crippen LogP) is 5.96. The fourth-order valence-corrected chi connectivity index (χ4v) is 2.94. The summed E-state index contributed by atoms with van der Waals surface area (Å²) in [5.74, 6) is 0.617. The van der Waals surface area contributed by atoms with Gasteiger partial charge >= 0.3 is 6.18 Å². The molecule has 0 atom stereocenters. The van der Waals surface area contributed by atoms with Crippen molar-refractivity contribution in [3.05, 3.63) is 71.4 Å². The first-order valence-corrected chi connectivity index (χ1v) is 8.08. The van der Waals surface area contributed by atoms with Crippen LogP contribution in [-0.4, -0.2) is 15.0 Å². The lowest BCUT2D eigenvalue weighted by Gasteiger charge is -2.11. The van der Waals surface area contributed by atoms with E-state index in [-0.39, 0.29) is 5.69 Å². The summed E-state index contributed by atoms with van der Waals surface area (Å²) in [6.45, 7) is 0. The third-order valence-electron chi connectivity index (χ3n) is 3.99. The summed E-state index contributed by atoms with van der Waals surface area (Å²) in [7, 11) is 0. The molecule has 26 heavy (non-hydrogen) atoms. The number of hydrogen-bond acceptors (Lipinski definition) is 2. The second-order valence-corrected chi connectivity index (χ2v) is 6.16. The van der Waals surface area contributed by atoms with E-state index in [2.05, 4.69) is 15.0 Å². The van der Waals surface area contributed by atoms with E-state index in [1.165, 1.54) is 12.3 Å². The lowest BCUT2D eigenvalue weighted by Crippen LogP contribution is -2.08. The van der Waals surface area contributed by atoms with Crippen LogP contribution in [-0.2, 0) is 6.18 Å². The molecule has 0 fully saturated rings. The Hall–Kier alpha value is -2.86. The maximum absolute atomic E-state index is 13.2. The smallest absolute Gasteiger partial charge is 0.338 e. The number of benzene rings is 2. The molecule has 0 amide bonds. The number of pyridine rings is 1. The minimum Gasteiger partial charge on any atom is -0.338 e. The zero-order valence-electron chi connectivity index (χ0n) is 13.2. The first-order chi connectivity index (χ1) is 12.4. The minimum atomic E-state index is -4.46. The zero-order chi connectivity index (χ0) is 18.3. The van der Waals surface area contributed by atoms with Crippen molar-refractivity contribution < 1.29 is 13.2 Å². The van der Waals surface area contributed by atoms with Crippen LogP contribution in [0.1, 0.15) is 5.56 Å². The summed E-state index contributed by atoms with van der Waals surface area (Å²) in [4.78, 5) is 11.5. The largest absolute Gasteiger partial charge is 0.418 e. The van der Waals surface area contributed by atoms with Gasteiger partial charge in [0.1, 0.15) is 5.82 Å². The molecule has 0 saturated carbocycles. The van der Waals surface area contributed by atoms with E-state index < -0.39 is 11.7 Å². The van der Waals surface area contributed by atoms with Gasteiger partial charge in [-0.25, -0.2) is 4.98 Å². The van der Waals surface area contributed by atoms with Gasteiger partial charge in [0.25, 0.3) is 0 Å². The first-order valence-electron chi connectivity index (χ1n) is 7.70. The predicted molar refractivity (Wildman–Crippen MR) is 94.8 cm³/mol. The van der Waals surface area contributed by atoms with Gasteiger partial charge in [0.05, 0.1) is 22.3 Å². The molecule has 0 bridgehead atoms. The average molecular weight is 374 g/mol. The Balaban J connectivity index is 1.73. The normalized spacial score (nSPS) is 11.8. The molecule has 1 N–H and O–H groups in total. The van der Waals surface area contributed by atoms with Crippen LogP contribution in [0.3, 0.4) is 0 Å².